The Bertz CT molecular complexity index is 1100. The van der Waals surface area contributed by atoms with Crippen LogP contribution in [0.2, 0.25) is 0 Å². The number of nitrogens with zero attached hydrogens (tertiary/aromatic N) is 4. The van der Waals surface area contributed by atoms with Crippen molar-refractivity contribution in [1.29, 1.82) is 0 Å². The van der Waals surface area contributed by atoms with Gasteiger partial charge in [0.2, 0.25) is 12.0 Å². The second-order valence-electron chi connectivity index (χ2n) is 7.21. The van der Waals surface area contributed by atoms with Crippen molar-refractivity contribution in [3.8, 4) is 22.3 Å². The number of benzene rings is 1. The molecule has 2 aromatic heterocycles. The first-order chi connectivity index (χ1) is 15.7. The highest BCUT2D eigenvalue weighted by atomic mass is 32.2. The first-order valence-electron chi connectivity index (χ1n) is 10.1. The van der Waals surface area contributed by atoms with E-state index in [2.05, 4.69) is 10.2 Å². The minimum atomic E-state index is -0.669. The maximum Gasteiger partial charge on any atom is 0.277 e. The molecule has 3 aromatic rings. The van der Waals surface area contributed by atoms with Crippen LogP contribution in [0.4, 0.5) is 0 Å². The van der Waals surface area contributed by atoms with Crippen LogP contribution in [0.5, 0.6) is 11.5 Å². The number of fused-ring (bicyclic) bond motifs is 1. The minimum Gasteiger partial charge on any atom is -0.485 e. The number of piperazine rings is 1. The summed E-state index contributed by atoms with van der Waals surface area (Å²) in [6.45, 7) is 2.04. The molecule has 0 radical (unpaired) electrons. The van der Waals surface area contributed by atoms with Gasteiger partial charge in [-0.05, 0) is 23.6 Å². The molecule has 9 nitrogen and oxygen atoms in total. The Kier molecular flexibility index (Phi) is 5.99. The van der Waals surface area contributed by atoms with Crippen molar-refractivity contribution >= 4 is 34.9 Å². The molecule has 0 bridgehead atoms. The molecule has 1 unspecified atom stereocenters. The first kappa shape index (κ1) is 20.8. The van der Waals surface area contributed by atoms with Crippen LogP contribution in [0.15, 0.2) is 51.4 Å². The molecule has 4 heterocycles. The number of rotatable bonds is 5. The lowest BCUT2D eigenvalue weighted by molar-refractivity contribution is -0.145. The Balaban J connectivity index is 1.09. The highest BCUT2D eigenvalue weighted by Gasteiger charge is 2.33. The molecule has 0 spiro atoms. The second-order valence-corrected chi connectivity index (χ2v) is 9.08. The lowest BCUT2D eigenvalue weighted by Gasteiger charge is -2.37. The highest BCUT2D eigenvalue weighted by Crippen LogP contribution is 2.31. The lowest BCUT2D eigenvalue weighted by atomic mass is 10.2. The van der Waals surface area contributed by atoms with Crippen LogP contribution in [-0.2, 0) is 9.59 Å². The lowest BCUT2D eigenvalue weighted by Crippen LogP contribution is -2.55. The van der Waals surface area contributed by atoms with Crippen LogP contribution in [0.1, 0.15) is 0 Å². The third-order valence-electron chi connectivity index (χ3n) is 5.19. The van der Waals surface area contributed by atoms with Gasteiger partial charge < -0.3 is 23.7 Å². The monoisotopic (exact) mass is 472 g/mol. The summed E-state index contributed by atoms with van der Waals surface area (Å²) in [4.78, 5) is 29.8. The van der Waals surface area contributed by atoms with Gasteiger partial charge in [0, 0.05) is 26.2 Å². The molecular weight excluding hydrogens is 452 g/mol. The molecule has 2 aliphatic heterocycles. The van der Waals surface area contributed by atoms with Crippen LogP contribution in [0, 0.1) is 0 Å². The molecule has 166 valence electrons. The zero-order valence-corrected chi connectivity index (χ0v) is 18.6. The number of hydrogen-bond acceptors (Lipinski definition) is 9. The quantitative estimate of drug-likeness (QED) is 0.522. The Labute approximate surface area is 192 Å². The van der Waals surface area contributed by atoms with Crippen molar-refractivity contribution in [2.45, 2.75) is 11.3 Å². The topological polar surface area (TPSA) is 98.0 Å². The van der Waals surface area contributed by atoms with E-state index in [0.29, 0.717) is 48.8 Å². The molecule has 0 saturated carbocycles. The fourth-order valence-corrected chi connectivity index (χ4v) is 4.81. The molecule has 1 saturated heterocycles. The predicted molar refractivity (Wildman–Crippen MR) is 118 cm³/mol. The molecule has 1 atom stereocenters. The third-order valence-corrected chi connectivity index (χ3v) is 6.85. The Morgan fingerprint density at radius 3 is 2.59 bits per heavy atom. The van der Waals surface area contributed by atoms with Gasteiger partial charge in [0.05, 0.1) is 10.6 Å². The smallest absolute Gasteiger partial charge is 0.277 e. The zero-order valence-electron chi connectivity index (χ0n) is 17.0. The summed E-state index contributed by atoms with van der Waals surface area (Å²) in [5.41, 5.74) is 0. The third kappa shape index (κ3) is 4.44. The number of thiophene rings is 1. The average molecular weight is 473 g/mol. The maximum absolute atomic E-state index is 12.8. The van der Waals surface area contributed by atoms with E-state index in [1.165, 1.54) is 23.1 Å². The highest BCUT2D eigenvalue weighted by molar-refractivity contribution is 7.99. The van der Waals surface area contributed by atoms with E-state index >= 15 is 0 Å². The van der Waals surface area contributed by atoms with Gasteiger partial charge >= 0.3 is 0 Å². The van der Waals surface area contributed by atoms with E-state index in [1.807, 2.05) is 35.7 Å². The van der Waals surface area contributed by atoms with Gasteiger partial charge in [-0.15, -0.1) is 21.5 Å². The standard InChI is InChI=1S/C21H20N4O5S2/c26-18(13-32-21-23-22-19(30-21)17-6-3-11-31-17)24-7-9-25(10-8-24)20(27)16-12-28-14-4-1-2-5-15(14)29-16/h1-6,11,16H,7-10,12-13H2. The summed E-state index contributed by atoms with van der Waals surface area (Å²) < 4.78 is 17.1. The molecule has 0 N–H and O–H groups in total. The van der Waals surface area contributed by atoms with Crippen LogP contribution in [0.25, 0.3) is 10.8 Å². The zero-order chi connectivity index (χ0) is 21.9. The van der Waals surface area contributed by atoms with Gasteiger partial charge in [-0.1, -0.05) is 30.0 Å². The molecule has 2 aliphatic rings. The number of ether oxygens (including phenoxy) is 2. The van der Waals surface area contributed by atoms with E-state index in [-0.39, 0.29) is 24.2 Å². The number of amides is 2. The van der Waals surface area contributed by atoms with Crippen molar-refractivity contribution in [3.05, 3.63) is 41.8 Å². The molecule has 1 aromatic carbocycles. The molecule has 11 heteroatoms. The Morgan fingerprint density at radius 2 is 1.81 bits per heavy atom. The molecule has 1 fully saturated rings. The van der Waals surface area contributed by atoms with Crippen LogP contribution in [-0.4, -0.2) is 76.5 Å². The van der Waals surface area contributed by atoms with Crippen molar-refractivity contribution in [1.82, 2.24) is 20.0 Å². The van der Waals surface area contributed by atoms with Gasteiger partial charge in [-0.2, -0.15) is 0 Å². The molecular formula is C21H20N4O5S2. The van der Waals surface area contributed by atoms with E-state index in [0.717, 1.165) is 4.88 Å². The van der Waals surface area contributed by atoms with Gasteiger partial charge in [-0.3, -0.25) is 9.59 Å². The summed E-state index contributed by atoms with van der Waals surface area (Å²) in [6.07, 6.45) is -0.669. The number of thioether (sulfide) groups is 1. The van der Waals surface area contributed by atoms with Crippen molar-refractivity contribution in [2.75, 3.05) is 38.5 Å². The van der Waals surface area contributed by atoms with Gasteiger partial charge in [0.25, 0.3) is 17.0 Å². The average Bonchev–Trinajstić information content (AvgIpc) is 3.54. The number of carbonyl (C=O) groups excluding carboxylic acids is 2. The van der Waals surface area contributed by atoms with E-state index in [4.69, 9.17) is 13.9 Å². The number of hydrogen-bond donors (Lipinski definition) is 0. The molecule has 0 aliphatic carbocycles. The molecule has 2 amide bonds. The second kappa shape index (κ2) is 9.21. The summed E-state index contributed by atoms with van der Waals surface area (Å²) in [5, 5.41) is 10.3. The fourth-order valence-electron chi connectivity index (χ4n) is 3.50. The van der Waals surface area contributed by atoms with Gasteiger partial charge in [0.1, 0.15) is 6.61 Å². The SMILES string of the molecule is O=C(CSc1nnc(-c2cccs2)o1)N1CCN(C(=O)C2COc3ccccc3O2)CC1. The fraction of sp³-hybridized carbons (Fsp3) is 0.333. The van der Waals surface area contributed by atoms with Crippen molar-refractivity contribution < 1.29 is 23.5 Å². The summed E-state index contributed by atoms with van der Waals surface area (Å²) in [6, 6.07) is 11.1. The van der Waals surface area contributed by atoms with Gasteiger partial charge in [-0.25, -0.2) is 0 Å². The normalized spacial score (nSPS) is 17.9. The summed E-state index contributed by atoms with van der Waals surface area (Å²) >= 11 is 2.74. The maximum atomic E-state index is 12.8. The Morgan fingerprint density at radius 1 is 1.03 bits per heavy atom. The molecule has 32 heavy (non-hydrogen) atoms. The molecule has 5 rings (SSSR count). The number of carbonyl (C=O) groups is 2. The van der Waals surface area contributed by atoms with E-state index < -0.39 is 6.10 Å². The first-order valence-corrected chi connectivity index (χ1v) is 12.0. The van der Waals surface area contributed by atoms with Crippen LogP contribution in [0.3, 0.4) is 0 Å². The number of para-hydroxylation sites is 2. The van der Waals surface area contributed by atoms with E-state index in [1.54, 1.807) is 15.9 Å². The van der Waals surface area contributed by atoms with Crippen molar-refractivity contribution in [3.63, 3.8) is 0 Å². The van der Waals surface area contributed by atoms with E-state index in [9.17, 15) is 9.59 Å². The van der Waals surface area contributed by atoms with Crippen molar-refractivity contribution in [2.24, 2.45) is 0 Å². The minimum absolute atomic E-state index is 0.0239. The Hall–Kier alpha value is -3.05. The number of aromatic nitrogens is 2. The van der Waals surface area contributed by atoms with Crippen LogP contribution < -0.4 is 9.47 Å². The largest absolute Gasteiger partial charge is 0.485 e. The summed E-state index contributed by atoms with van der Waals surface area (Å²) in [7, 11) is 0. The summed E-state index contributed by atoms with van der Waals surface area (Å²) in [5.74, 6) is 1.74. The van der Waals surface area contributed by atoms with Crippen LogP contribution >= 0.6 is 23.1 Å². The predicted octanol–water partition coefficient (Wildman–Crippen LogP) is 2.40. The van der Waals surface area contributed by atoms with Gasteiger partial charge in [0.15, 0.2) is 11.5 Å².